The lowest BCUT2D eigenvalue weighted by Crippen LogP contribution is -2.22. The van der Waals surface area contributed by atoms with Gasteiger partial charge in [0.15, 0.2) is 0 Å². The SMILES string of the molecule is COc1ccc(Cc2c(C)cc(NC(=O)C(=O)O)cc2C)cc1Cc1ccc(F)cc1. The molecule has 0 fully saturated rings. The van der Waals surface area contributed by atoms with Crippen molar-refractivity contribution >= 4 is 17.6 Å². The molecule has 3 aromatic rings. The average molecular weight is 421 g/mol. The lowest BCUT2D eigenvalue weighted by atomic mass is 9.93. The molecule has 0 saturated heterocycles. The molecular weight excluding hydrogens is 397 g/mol. The van der Waals surface area contributed by atoms with Crippen LogP contribution in [0.3, 0.4) is 0 Å². The van der Waals surface area contributed by atoms with Gasteiger partial charge in [0.1, 0.15) is 11.6 Å². The summed E-state index contributed by atoms with van der Waals surface area (Å²) in [5, 5.41) is 11.2. The van der Waals surface area contributed by atoms with Crippen LogP contribution in [0.25, 0.3) is 0 Å². The smallest absolute Gasteiger partial charge is 0.394 e. The number of amides is 1. The molecule has 0 saturated carbocycles. The Balaban J connectivity index is 1.86. The molecule has 0 bridgehead atoms. The maximum absolute atomic E-state index is 13.2. The molecule has 3 aromatic carbocycles. The van der Waals surface area contributed by atoms with Gasteiger partial charge < -0.3 is 15.2 Å². The first-order chi connectivity index (χ1) is 14.8. The summed E-state index contributed by atoms with van der Waals surface area (Å²) in [5.74, 6) is -2.08. The molecule has 0 atom stereocenters. The molecule has 0 unspecified atom stereocenters. The van der Waals surface area contributed by atoms with Crippen LogP contribution in [0.15, 0.2) is 54.6 Å². The summed E-state index contributed by atoms with van der Waals surface area (Å²) >= 11 is 0. The average Bonchev–Trinajstić information content (AvgIpc) is 2.72. The van der Waals surface area contributed by atoms with Crippen LogP contribution in [-0.2, 0) is 22.4 Å². The van der Waals surface area contributed by atoms with Gasteiger partial charge in [-0.25, -0.2) is 9.18 Å². The first-order valence-corrected chi connectivity index (χ1v) is 9.81. The molecule has 0 aliphatic rings. The number of halogens is 1. The van der Waals surface area contributed by atoms with E-state index < -0.39 is 11.9 Å². The number of hydrogen-bond acceptors (Lipinski definition) is 3. The van der Waals surface area contributed by atoms with Gasteiger partial charge in [-0.05, 0) is 84.0 Å². The van der Waals surface area contributed by atoms with Gasteiger partial charge in [-0.3, -0.25) is 4.79 Å². The maximum atomic E-state index is 13.2. The van der Waals surface area contributed by atoms with E-state index in [0.29, 0.717) is 18.5 Å². The molecule has 0 aliphatic heterocycles. The summed E-state index contributed by atoms with van der Waals surface area (Å²) in [4.78, 5) is 22.2. The fourth-order valence-electron chi connectivity index (χ4n) is 3.64. The van der Waals surface area contributed by atoms with Crippen molar-refractivity contribution in [2.75, 3.05) is 12.4 Å². The quantitative estimate of drug-likeness (QED) is 0.568. The van der Waals surface area contributed by atoms with Gasteiger partial charge in [-0.1, -0.05) is 24.3 Å². The van der Waals surface area contributed by atoms with E-state index in [-0.39, 0.29) is 5.82 Å². The first-order valence-electron chi connectivity index (χ1n) is 9.81. The highest BCUT2D eigenvalue weighted by Gasteiger charge is 2.14. The van der Waals surface area contributed by atoms with Gasteiger partial charge >= 0.3 is 11.9 Å². The van der Waals surface area contributed by atoms with Crippen molar-refractivity contribution in [3.8, 4) is 5.75 Å². The third kappa shape index (κ3) is 5.48. The molecule has 2 N–H and O–H groups in total. The number of ether oxygens (including phenoxy) is 1. The Labute approximate surface area is 180 Å². The third-order valence-corrected chi connectivity index (χ3v) is 5.18. The van der Waals surface area contributed by atoms with E-state index in [1.165, 1.54) is 12.1 Å². The highest BCUT2D eigenvalue weighted by molar-refractivity contribution is 6.36. The minimum absolute atomic E-state index is 0.265. The monoisotopic (exact) mass is 421 g/mol. The Hall–Kier alpha value is -3.67. The summed E-state index contributed by atoms with van der Waals surface area (Å²) in [5.41, 5.74) is 6.55. The number of carbonyl (C=O) groups is 2. The third-order valence-electron chi connectivity index (χ3n) is 5.18. The van der Waals surface area contributed by atoms with E-state index in [0.717, 1.165) is 39.1 Å². The number of carboxylic acid groups (broad SMARTS) is 1. The van der Waals surface area contributed by atoms with Crippen LogP contribution in [0.2, 0.25) is 0 Å². The standard InChI is InChI=1S/C25H24FNO4/c1-15-10-21(27-24(28)25(29)30)11-16(2)22(15)14-18-6-9-23(31-3)19(13-18)12-17-4-7-20(26)8-5-17/h4-11,13H,12,14H2,1-3H3,(H,27,28)(H,29,30). The molecule has 0 aliphatic carbocycles. The van der Waals surface area contributed by atoms with Crippen LogP contribution in [0.1, 0.15) is 33.4 Å². The molecule has 0 heterocycles. The molecular formula is C25H24FNO4. The molecule has 0 spiro atoms. The van der Waals surface area contributed by atoms with Crippen molar-refractivity contribution < 1.29 is 23.8 Å². The van der Waals surface area contributed by atoms with Crippen LogP contribution < -0.4 is 10.1 Å². The molecule has 3 rings (SSSR count). The maximum Gasteiger partial charge on any atom is 0.394 e. The lowest BCUT2D eigenvalue weighted by molar-refractivity contribution is -0.147. The number of rotatable bonds is 6. The summed E-state index contributed by atoms with van der Waals surface area (Å²) in [7, 11) is 1.63. The summed E-state index contributed by atoms with van der Waals surface area (Å²) in [6.45, 7) is 3.86. The van der Waals surface area contributed by atoms with Crippen molar-refractivity contribution in [3.63, 3.8) is 0 Å². The number of hydrogen-bond donors (Lipinski definition) is 2. The Morgan fingerprint density at radius 1 is 0.935 bits per heavy atom. The summed E-state index contributed by atoms with van der Waals surface area (Å²) in [6, 6.07) is 16.0. The molecule has 0 radical (unpaired) electrons. The van der Waals surface area contributed by atoms with Crippen molar-refractivity contribution in [2.24, 2.45) is 0 Å². The fraction of sp³-hybridized carbons (Fsp3) is 0.200. The van der Waals surface area contributed by atoms with E-state index >= 15 is 0 Å². The minimum atomic E-state index is -1.52. The van der Waals surface area contributed by atoms with Gasteiger partial charge in [0, 0.05) is 12.1 Å². The predicted octanol–water partition coefficient (Wildman–Crippen LogP) is 4.66. The van der Waals surface area contributed by atoms with Crippen LogP contribution in [-0.4, -0.2) is 24.1 Å². The van der Waals surface area contributed by atoms with E-state index in [1.54, 1.807) is 31.4 Å². The van der Waals surface area contributed by atoms with Crippen LogP contribution in [0, 0.1) is 19.7 Å². The Morgan fingerprint density at radius 2 is 1.55 bits per heavy atom. The molecule has 0 aromatic heterocycles. The van der Waals surface area contributed by atoms with Crippen molar-refractivity contribution in [2.45, 2.75) is 26.7 Å². The van der Waals surface area contributed by atoms with Gasteiger partial charge in [0.2, 0.25) is 0 Å². The Bertz CT molecular complexity index is 1100. The second-order valence-electron chi connectivity index (χ2n) is 7.47. The van der Waals surface area contributed by atoms with Gasteiger partial charge in [0.05, 0.1) is 7.11 Å². The molecule has 5 nitrogen and oxygen atoms in total. The van der Waals surface area contributed by atoms with Crippen LogP contribution >= 0.6 is 0 Å². The molecule has 31 heavy (non-hydrogen) atoms. The molecule has 160 valence electrons. The highest BCUT2D eigenvalue weighted by atomic mass is 19.1. The van der Waals surface area contributed by atoms with Gasteiger partial charge in [0.25, 0.3) is 0 Å². The topological polar surface area (TPSA) is 75.6 Å². The van der Waals surface area contributed by atoms with Crippen LogP contribution in [0.4, 0.5) is 10.1 Å². The number of benzene rings is 3. The number of carbonyl (C=O) groups excluding carboxylic acids is 1. The largest absolute Gasteiger partial charge is 0.496 e. The number of aryl methyl sites for hydroxylation is 2. The zero-order chi connectivity index (χ0) is 22.5. The number of nitrogens with one attached hydrogen (secondary N) is 1. The number of carboxylic acids is 1. The van der Waals surface area contributed by atoms with E-state index in [2.05, 4.69) is 11.4 Å². The van der Waals surface area contributed by atoms with Crippen molar-refractivity contribution in [1.29, 1.82) is 0 Å². The number of anilines is 1. The normalized spacial score (nSPS) is 10.6. The van der Waals surface area contributed by atoms with E-state index in [4.69, 9.17) is 9.84 Å². The summed E-state index contributed by atoms with van der Waals surface area (Å²) < 4.78 is 18.7. The van der Waals surface area contributed by atoms with E-state index in [9.17, 15) is 14.0 Å². The lowest BCUT2D eigenvalue weighted by Gasteiger charge is -2.15. The minimum Gasteiger partial charge on any atom is -0.496 e. The van der Waals surface area contributed by atoms with Gasteiger partial charge in [-0.15, -0.1) is 0 Å². The predicted molar refractivity (Wildman–Crippen MR) is 117 cm³/mol. The number of methoxy groups -OCH3 is 1. The second kappa shape index (κ2) is 9.43. The van der Waals surface area contributed by atoms with Crippen molar-refractivity contribution in [3.05, 3.63) is 93.8 Å². The van der Waals surface area contributed by atoms with Crippen LogP contribution in [0.5, 0.6) is 5.75 Å². The summed E-state index contributed by atoms with van der Waals surface area (Å²) in [6.07, 6.45) is 1.29. The molecule has 6 heteroatoms. The Morgan fingerprint density at radius 3 is 2.13 bits per heavy atom. The Kier molecular flexibility index (Phi) is 6.70. The first kappa shape index (κ1) is 22.0. The second-order valence-corrected chi connectivity index (χ2v) is 7.47. The van der Waals surface area contributed by atoms with Gasteiger partial charge in [-0.2, -0.15) is 0 Å². The van der Waals surface area contributed by atoms with Crippen molar-refractivity contribution in [1.82, 2.24) is 0 Å². The van der Waals surface area contributed by atoms with E-state index in [1.807, 2.05) is 26.0 Å². The highest BCUT2D eigenvalue weighted by Crippen LogP contribution is 2.27. The fourth-order valence-corrected chi connectivity index (χ4v) is 3.64. The molecule has 1 amide bonds. The zero-order valence-corrected chi connectivity index (χ0v) is 17.7. The number of aliphatic carboxylic acids is 1. The zero-order valence-electron chi connectivity index (χ0n) is 17.7.